The lowest BCUT2D eigenvalue weighted by molar-refractivity contribution is -0.146. The zero-order valence-corrected chi connectivity index (χ0v) is 14.1. The molecule has 1 amide bonds. The summed E-state index contributed by atoms with van der Waals surface area (Å²) in [5.74, 6) is 0.172. The summed E-state index contributed by atoms with van der Waals surface area (Å²) < 4.78 is 24.3. The number of hydrogen-bond acceptors (Lipinski definition) is 4. The van der Waals surface area contributed by atoms with Crippen LogP contribution in [-0.2, 0) is 9.53 Å². The predicted molar refractivity (Wildman–Crippen MR) is 88.4 cm³/mol. The smallest absolute Gasteiger partial charge is 0.230 e. The standard InChI is InChI=1S/C18H25FN2O3/c1-23-16-3-2-13(10-15(16)19)14-4-7-21(11-14)17(22)18(12-20)5-8-24-9-6-18/h2-3,10,14H,4-9,11-12,20H2,1H3. The third kappa shape index (κ3) is 3.13. The van der Waals surface area contributed by atoms with Gasteiger partial charge in [0.25, 0.3) is 0 Å². The topological polar surface area (TPSA) is 64.8 Å². The lowest BCUT2D eigenvalue weighted by Crippen LogP contribution is -2.50. The molecule has 0 saturated carbocycles. The van der Waals surface area contributed by atoms with Crippen molar-refractivity contribution in [2.24, 2.45) is 11.1 Å². The molecule has 24 heavy (non-hydrogen) atoms. The second kappa shape index (κ2) is 7.07. The van der Waals surface area contributed by atoms with E-state index in [2.05, 4.69) is 0 Å². The van der Waals surface area contributed by atoms with Gasteiger partial charge in [-0.1, -0.05) is 6.07 Å². The Balaban J connectivity index is 1.70. The molecule has 132 valence electrons. The number of amides is 1. The van der Waals surface area contributed by atoms with E-state index in [0.717, 1.165) is 12.0 Å². The summed E-state index contributed by atoms with van der Waals surface area (Å²) in [6, 6.07) is 5.05. The number of halogens is 1. The van der Waals surface area contributed by atoms with E-state index in [1.54, 1.807) is 6.07 Å². The highest BCUT2D eigenvalue weighted by atomic mass is 19.1. The van der Waals surface area contributed by atoms with Crippen LogP contribution < -0.4 is 10.5 Å². The van der Waals surface area contributed by atoms with Crippen LogP contribution >= 0.6 is 0 Å². The molecule has 1 atom stereocenters. The van der Waals surface area contributed by atoms with Gasteiger partial charge in [-0.2, -0.15) is 0 Å². The van der Waals surface area contributed by atoms with E-state index in [9.17, 15) is 9.18 Å². The molecule has 3 rings (SSSR count). The lowest BCUT2D eigenvalue weighted by Gasteiger charge is -2.37. The third-order valence-electron chi connectivity index (χ3n) is 5.42. The van der Waals surface area contributed by atoms with Gasteiger partial charge in [-0.05, 0) is 37.0 Å². The third-order valence-corrected chi connectivity index (χ3v) is 5.42. The SMILES string of the molecule is COc1ccc(C2CCN(C(=O)C3(CN)CCOCC3)C2)cc1F. The molecule has 2 saturated heterocycles. The van der Waals surface area contributed by atoms with E-state index in [1.165, 1.54) is 13.2 Å². The van der Waals surface area contributed by atoms with E-state index in [-0.39, 0.29) is 23.4 Å². The van der Waals surface area contributed by atoms with Gasteiger partial charge in [-0.3, -0.25) is 4.79 Å². The number of methoxy groups -OCH3 is 1. The van der Waals surface area contributed by atoms with Crippen LogP contribution in [0.2, 0.25) is 0 Å². The lowest BCUT2D eigenvalue weighted by atomic mass is 9.79. The molecule has 2 aliphatic rings. The number of likely N-dealkylation sites (tertiary alicyclic amines) is 1. The first-order valence-electron chi connectivity index (χ1n) is 8.50. The van der Waals surface area contributed by atoms with Crippen LogP contribution in [0, 0.1) is 11.2 Å². The summed E-state index contributed by atoms with van der Waals surface area (Å²) in [4.78, 5) is 14.9. The van der Waals surface area contributed by atoms with Crippen molar-refractivity contribution in [2.75, 3.05) is 40.0 Å². The summed E-state index contributed by atoms with van der Waals surface area (Å²) in [6.07, 6.45) is 2.20. The van der Waals surface area contributed by atoms with Gasteiger partial charge in [-0.15, -0.1) is 0 Å². The molecule has 1 aromatic carbocycles. The van der Waals surface area contributed by atoms with Crippen molar-refractivity contribution in [1.29, 1.82) is 0 Å². The maximum Gasteiger partial charge on any atom is 0.230 e. The van der Waals surface area contributed by atoms with Gasteiger partial charge in [0.05, 0.1) is 12.5 Å². The van der Waals surface area contributed by atoms with Gasteiger partial charge < -0.3 is 20.1 Å². The average molecular weight is 336 g/mol. The van der Waals surface area contributed by atoms with Crippen molar-refractivity contribution < 1.29 is 18.7 Å². The number of carbonyl (C=O) groups is 1. The maximum absolute atomic E-state index is 13.9. The first kappa shape index (κ1) is 17.2. The molecule has 0 aromatic heterocycles. The van der Waals surface area contributed by atoms with Crippen LogP contribution in [0.4, 0.5) is 4.39 Å². The minimum Gasteiger partial charge on any atom is -0.494 e. The monoisotopic (exact) mass is 336 g/mol. The highest BCUT2D eigenvalue weighted by Gasteiger charge is 2.43. The number of hydrogen-bond donors (Lipinski definition) is 1. The van der Waals surface area contributed by atoms with Crippen molar-refractivity contribution in [3.05, 3.63) is 29.6 Å². The first-order valence-corrected chi connectivity index (χ1v) is 8.50. The van der Waals surface area contributed by atoms with E-state index in [0.29, 0.717) is 45.7 Å². The van der Waals surface area contributed by atoms with Crippen LogP contribution in [0.1, 0.15) is 30.7 Å². The number of ether oxygens (including phenoxy) is 2. The minimum atomic E-state index is -0.488. The molecule has 5 nitrogen and oxygen atoms in total. The molecule has 0 radical (unpaired) electrons. The highest BCUT2D eigenvalue weighted by Crippen LogP contribution is 2.36. The summed E-state index contributed by atoms with van der Waals surface area (Å²) in [6.45, 7) is 2.84. The van der Waals surface area contributed by atoms with Crippen molar-refractivity contribution in [1.82, 2.24) is 4.90 Å². The van der Waals surface area contributed by atoms with Gasteiger partial charge in [0, 0.05) is 38.8 Å². The zero-order valence-electron chi connectivity index (χ0n) is 14.1. The fraction of sp³-hybridized carbons (Fsp3) is 0.611. The Kier molecular flexibility index (Phi) is 5.06. The molecule has 6 heteroatoms. The van der Waals surface area contributed by atoms with Crippen LogP contribution in [0.5, 0.6) is 5.75 Å². The molecular formula is C18H25FN2O3. The molecule has 2 aliphatic heterocycles. The number of carbonyl (C=O) groups excluding carboxylic acids is 1. The van der Waals surface area contributed by atoms with Gasteiger partial charge in [-0.25, -0.2) is 4.39 Å². The van der Waals surface area contributed by atoms with E-state index < -0.39 is 5.41 Å². The van der Waals surface area contributed by atoms with E-state index in [4.69, 9.17) is 15.2 Å². The zero-order chi connectivity index (χ0) is 17.2. The highest BCUT2D eigenvalue weighted by molar-refractivity contribution is 5.83. The Morgan fingerprint density at radius 1 is 1.46 bits per heavy atom. The molecule has 0 bridgehead atoms. The van der Waals surface area contributed by atoms with Gasteiger partial charge in [0.15, 0.2) is 11.6 Å². The number of nitrogens with zero attached hydrogens (tertiary/aromatic N) is 1. The number of rotatable bonds is 4. The van der Waals surface area contributed by atoms with Crippen LogP contribution in [0.25, 0.3) is 0 Å². The molecule has 2 heterocycles. The molecule has 0 spiro atoms. The first-order chi connectivity index (χ1) is 11.6. The molecule has 2 fully saturated rings. The Bertz CT molecular complexity index is 602. The van der Waals surface area contributed by atoms with Gasteiger partial charge >= 0.3 is 0 Å². The normalized spacial score (nSPS) is 23.3. The maximum atomic E-state index is 13.9. The summed E-state index contributed by atoms with van der Waals surface area (Å²) in [5.41, 5.74) is 6.36. The Morgan fingerprint density at radius 3 is 2.83 bits per heavy atom. The largest absolute Gasteiger partial charge is 0.494 e. The van der Waals surface area contributed by atoms with Crippen LogP contribution in [0.15, 0.2) is 18.2 Å². The molecule has 1 unspecified atom stereocenters. The van der Waals surface area contributed by atoms with Gasteiger partial charge in [0.2, 0.25) is 5.91 Å². The Hall–Kier alpha value is -1.66. The van der Waals surface area contributed by atoms with Crippen molar-refractivity contribution >= 4 is 5.91 Å². The summed E-state index contributed by atoms with van der Waals surface area (Å²) in [5, 5.41) is 0. The summed E-state index contributed by atoms with van der Waals surface area (Å²) >= 11 is 0. The van der Waals surface area contributed by atoms with Crippen molar-refractivity contribution in [3.63, 3.8) is 0 Å². The second-order valence-corrected chi connectivity index (χ2v) is 6.73. The molecule has 0 aliphatic carbocycles. The molecule has 2 N–H and O–H groups in total. The quantitative estimate of drug-likeness (QED) is 0.912. The van der Waals surface area contributed by atoms with E-state index in [1.807, 2.05) is 11.0 Å². The molecule has 1 aromatic rings. The van der Waals surface area contributed by atoms with Gasteiger partial charge in [0.1, 0.15) is 0 Å². The van der Waals surface area contributed by atoms with E-state index >= 15 is 0 Å². The Morgan fingerprint density at radius 2 is 2.21 bits per heavy atom. The predicted octanol–water partition coefficient (Wildman–Crippen LogP) is 1.91. The Labute approximate surface area is 141 Å². The van der Waals surface area contributed by atoms with Crippen molar-refractivity contribution in [3.8, 4) is 5.75 Å². The summed E-state index contributed by atoms with van der Waals surface area (Å²) in [7, 11) is 1.45. The number of nitrogens with two attached hydrogens (primary N) is 1. The van der Waals surface area contributed by atoms with Crippen molar-refractivity contribution in [2.45, 2.75) is 25.2 Å². The second-order valence-electron chi connectivity index (χ2n) is 6.73. The molecular weight excluding hydrogens is 311 g/mol. The number of benzene rings is 1. The fourth-order valence-corrected chi connectivity index (χ4v) is 3.76. The van der Waals surface area contributed by atoms with Crippen LogP contribution in [-0.4, -0.2) is 50.8 Å². The van der Waals surface area contributed by atoms with Crippen LogP contribution in [0.3, 0.4) is 0 Å². The average Bonchev–Trinajstić information content (AvgIpc) is 3.11. The minimum absolute atomic E-state index is 0.129. The fourth-order valence-electron chi connectivity index (χ4n) is 3.76.